The summed E-state index contributed by atoms with van der Waals surface area (Å²) in [5.74, 6) is -0.0612. The highest BCUT2D eigenvalue weighted by Gasteiger charge is 2.29. The van der Waals surface area contributed by atoms with Crippen LogP contribution in [0.3, 0.4) is 0 Å². The predicted molar refractivity (Wildman–Crippen MR) is 81.3 cm³/mol. The van der Waals surface area contributed by atoms with Gasteiger partial charge in [0.1, 0.15) is 10.6 Å². The highest BCUT2D eigenvalue weighted by Crippen LogP contribution is 2.22. The minimum Gasteiger partial charge on any atom is -0.444 e. The van der Waals surface area contributed by atoms with Gasteiger partial charge in [-0.3, -0.25) is 4.79 Å². The number of amides is 2. The van der Waals surface area contributed by atoms with Crippen molar-refractivity contribution in [3.8, 4) is 0 Å². The Kier molecular flexibility index (Phi) is 4.82. The van der Waals surface area contributed by atoms with Crippen molar-refractivity contribution >= 4 is 28.5 Å². The van der Waals surface area contributed by atoms with Crippen molar-refractivity contribution in [3.05, 3.63) is 12.3 Å². The lowest BCUT2D eigenvalue weighted by molar-refractivity contribution is -0.121. The second-order valence-corrected chi connectivity index (χ2v) is 6.94. The third-order valence-corrected chi connectivity index (χ3v) is 3.86. The third-order valence-electron chi connectivity index (χ3n) is 3.20. The molecule has 2 rings (SSSR count). The molecule has 0 unspecified atom stereocenters. The van der Waals surface area contributed by atoms with E-state index in [0.717, 1.165) is 5.00 Å². The highest BCUT2D eigenvalue weighted by molar-refractivity contribution is 7.10. The zero-order valence-electron chi connectivity index (χ0n) is 12.6. The Hall–Kier alpha value is -1.63. The van der Waals surface area contributed by atoms with E-state index in [1.165, 1.54) is 11.5 Å². The van der Waals surface area contributed by atoms with E-state index in [-0.39, 0.29) is 17.9 Å². The quantitative estimate of drug-likeness (QED) is 0.911. The summed E-state index contributed by atoms with van der Waals surface area (Å²) in [6.45, 7) is 6.64. The molecule has 1 aliphatic heterocycles. The molecule has 0 spiro atoms. The lowest BCUT2D eigenvalue weighted by Gasteiger charge is -2.32. The first-order chi connectivity index (χ1) is 9.85. The Bertz CT molecular complexity index is 488. The van der Waals surface area contributed by atoms with Gasteiger partial charge in [-0.2, -0.15) is 4.37 Å². The second-order valence-electron chi connectivity index (χ2n) is 6.11. The smallest absolute Gasteiger partial charge is 0.410 e. The summed E-state index contributed by atoms with van der Waals surface area (Å²) in [6, 6.07) is 1.78. The number of anilines is 1. The maximum Gasteiger partial charge on any atom is 0.410 e. The molecule has 21 heavy (non-hydrogen) atoms. The minimum absolute atomic E-state index is 0.00286. The van der Waals surface area contributed by atoms with Gasteiger partial charge in [0.15, 0.2) is 0 Å². The van der Waals surface area contributed by atoms with Gasteiger partial charge in [-0.1, -0.05) is 0 Å². The minimum atomic E-state index is -0.489. The van der Waals surface area contributed by atoms with E-state index in [9.17, 15) is 9.59 Å². The van der Waals surface area contributed by atoms with Crippen molar-refractivity contribution in [3.63, 3.8) is 0 Å². The monoisotopic (exact) mass is 311 g/mol. The van der Waals surface area contributed by atoms with Crippen molar-refractivity contribution in [2.24, 2.45) is 5.92 Å². The summed E-state index contributed by atoms with van der Waals surface area (Å²) in [7, 11) is 0. The van der Waals surface area contributed by atoms with Gasteiger partial charge in [0.05, 0.1) is 0 Å². The zero-order chi connectivity index (χ0) is 15.5. The van der Waals surface area contributed by atoms with Crippen LogP contribution in [0.2, 0.25) is 0 Å². The number of carbonyl (C=O) groups is 2. The van der Waals surface area contributed by atoms with Gasteiger partial charge < -0.3 is 15.0 Å². The number of nitrogens with zero attached hydrogens (tertiary/aromatic N) is 2. The fourth-order valence-corrected chi connectivity index (χ4v) is 2.66. The van der Waals surface area contributed by atoms with E-state index in [2.05, 4.69) is 9.69 Å². The molecule has 2 amide bonds. The summed E-state index contributed by atoms with van der Waals surface area (Å²) in [5, 5.41) is 3.62. The maximum absolute atomic E-state index is 12.1. The Morgan fingerprint density at radius 3 is 2.57 bits per heavy atom. The van der Waals surface area contributed by atoms with Gasteiger partial charge in [-0.25, -0.2) is 4.79 Å². The first kappa shape index (κ1) is 15.8. The predicted octanol–water partition coefficient (Wildman–Crippen LogP) is 2.73. The van der Waals surface area contributed by atoms with Crippen LogP contribution in [0.25, 0.3) is 0 Å². The summed E-state index contributed by atoms with van der Waals surface area (Å²) < 4.78 is 9.29. The topological polar surface area (TPSA) is 71.5 Å². The average molecular weight is 311 g/mol. The molecule has 6 nitrogen and oxygen atoms in total. The first-order valence-corrected chi connectivity index (χ1v) is 7.82. The molecule has 0 aromatic carbocycles. The number of piperidine rings is 1. The molecule has 0 bridgehead atoms. The molecule has 7 heteroatoms. The Morgan fingerprint density at radius 2 is 2.05 bits per heavy atom. The highest BCUT2D eigenvalue weighted by atomic mass is 32.1. The number of ether oxygens (including phenoxy) is 1. The van der Waals surface area contributed by atoms with E-state index < -0.39 is 5.60 Å². The molecular weight excluding hydrogens is 290 g/mol. The lowest BCUT2D eigenvalue weighted by Crippen LogP contribution is -2.43. The van der Waals surface area contributed by atoms with Gasteiger partial charge in [0.2, 0.25) is 5.91 Å². The van der Waals surface area contributed by atoms with Crippen LogP contribution in [0, 0.1) is 5.92 Å². The molecule has 1 aliphatic rings. The van der Waals surface area contributed by atoms with Gasteiger partial charge >= 0.3 is 6.09 Å². The molecule has 0 saturated carbocycles. The summed E-state index contributed by atoms with van der Waals surface area (Å²) in [4.78, 5) is 25.7. The number of nitrogens with one attached hydrogen (secondary N) is 1. The molecule has 0 aliphatic carbocycles. The third kappa shape index (κ3) is 4.70. The molecule has 0 radical (unpaired) electrons. The number of carbonyl (C=O) groups excluding carboxylic acids is 2. The van der Waals surface area contributed by atoms with Crippen LogP contribution in [0.4, 0.5) is 9.80 Å². The summed E-state index contributed by atoms with van der Waals surface area (Å²) in [6.07, 6.45) is 2.67. The van der Waals surface area contributed by atoms with Crippen molar-refractivity contribution in [2.45, 2.75) is 39.2 Å². The van der Waals surface area contributed by atoms with Crippen LogP contribution in [-0.4, -0.2) is 40.0 Å². The van der Waals surface area contributed by atoms with Crippen LogP contribution >= 0.6 is 11.5 Å². The molecule has 1 saturated heterocycles. The van der Waals surface area contributed by atoms with E-state index in [0.29, 0.717) is 25.9 Å². The number of hydrogen-bond acceptors (Lipinski definition) is 5. The molecule has 1 fully saturated rings. The second kappa shape index (κ2) is 6.43. The van der Waals surface area contributed by atoms with Gasteiger partial charge in [0.25, 0.3) is 0 Å². The number of aromatic nitrogens is 1. The van der Waals surface area contributed by atoms with Gasteiger partial charge in [-0.05, 0) is 51.2 Å². The van der Waals surface area contributed by atoms with Crippen molar-refractivity contribution in [1.29, 1.82) is 0 Å². The van der Waals surface area contributed by atoms with Gasteiger partial charge in [0, 0.05) is 25.2 Å². The average Bonchev–Trinajstić information content (AvgIpc) is 2.90. The first-order valence-electron chi connectivity index (χ1n) is 7.04. The van der Waals surface area contributed by atoms with Crippen molar-refractivity contribution in [2.75, 3.05) is 18.4 Å². The fourth-order valence-electron chi connectivity index (χ4n) is 2.15. The Morgan fingerprint density at radius 1 is 1.38 bits per heavy atom. The number of hydrogen-bond donors (Lipinski definition) is 1. The van der Waals surface area contributed by atoms with E-state index >= 15 is 0 Å². The van der Waals surface area contributed by atoms with Crippen molar-refractivity contribution < 1.29 is 14.3 Å². The summed E-state index contributed by atoms with van der Waals surface area (Å²) in [5.41, 5.74) is -0.489. The molecule has 2 heterocycles. The maximum atomic E-state index is 12.1. The lowest BCUT2D eigenvalue weighted by atomic mass is 9.96. The number of rotatable bonds is 2. The van der Waals surface area contributed by atoms with Crippen LogP contribution < -0.4 is 5.32 Å². The Labute approximate surface area is 128 Å². The molecule has 0 atom stereocenters. The van der Waals surface area contributed by atoms with Gasteiger partial charge in [-0.15, -0.1) is 0 Å². The standard InChI is InChI=1S/C14H21N3O3S/c1-14(2,3)20-13(19)17-8-5-10(6-9-17)12(18)16-11-4-7-15-21-11/h4,7,10H,5-6,8-9H2,1-3H3,(H,16,18). The molecule has 1 aromatic rings. The number of likely N-dealkylation sites (tertiary alicyclic amines) is 1. The van der Waals surface area contributed by atoms with E-state index in [4.69, 9.17) is 4.74 Å². The van der Waals surface area contributed by atoms with Crippen molar-refractivity contribution in [1.82, 2.24) is 9.27 Å². The summed E-state index contributed by atoms with van der Waals surface area (Å²) >= 11 is 1.26. The van der Waals surface area contributed by atoms with Crippen LogP contribution in [0.5, 0.6) is 0 Å². The largest absolute Gasteiger partial charge is 0.444 e. The molecule has 116 valence electrons. The molecule has 1 N–H and O–H groups in total. The zero-order valence-corrected chi connectivity index (χ0v) is 13.4. The normalized spacial score (nSPS) is 16.6. The molecule has 1 aromatic heterocycles. The van der Waals surface area contributed by atoms with E-state index in [1.54, 1.807) is 17.2 Å². The Balaban J connectivity index is 1.80. The van der Waals surface area contributed by atoms with Crippen LogP contribution in [0.1, 0.15) is 33.6 Å². The van der Waals surface area contributed by atoms with E-state index in [1.807, 2.05) is 20.8 Å². The van der Waals surface area contributed by atoms with Crippen LogP contribution in [-0.2, 0) is 9.53 Å². The molecular formula is C14H21N3O3S. The van der Waals surface area contributed by atoms with Crippen LogP contribution in [0.15, 0.2) is 12.3 Å². The fraction of sp³-hybridized carbons (Fsp3) is 0.643. The SMILES string of the molecule is CC(C)(C)OC(=O)N1CCC(C(=O)Nc2ccns2)CC1.